The molecule has 0 radical (unpaired) electrons. The number of benzene rings is 1. The predicted octanol–water partition coefficient (Wildman–Crippen LogP) is 3.83. The first-order valence-corrected chi connectivity index (χ1v) is 7.67. The van der Waals surface area contributed by atoms with Gasteiger partial charge in [-0.1, -0.05) is 0 Å². The molecule has 2 heterocycles. The summed E-state index contributed by atoms with van der Waals surface area (Å²) in [6.45, 7) is 2.09. The third-order valence-corrected chi connectivity index (χ3v) is 4.66. The summed E-state index contributed by atoms with van der Waals surface area (Å²) in [6.07, 6.45) is 6.44. The van der Waals surface area contributed by atoms with Crippen molar-refractivity contribution in [1.82, 2.24) is 4.98 Å². The molecule has 0 spiro atoms. The maximum atomic E-state index is 13.5. The number of nitrogens with one attached hydrogen (secondary N) is 2. The molecule has 1 aliphatic heterocycles. The summed E-state index contributed by atoms with van der Waals surface area (Å²) in [7, 11) is 0. The first kappa shape index (κ1) is 13.3. The van der Waals surface area contributed by atoms with Crippen LogP contribution in [0.15, 0.2) is 18.2 Å². The fraction of sp³-hybridized carbons (Fsp3) is 0.278. The molecule has 0 fully saturated rings. The molecule has 1 aromatic heterocycles. The van der Waals surface area contributed by atoms with Crippen molar-refractivity contribution in [1.29, 1.82) is 0 Å². The quantitative estimate of drug-likeness (QED) is 0.772. The van der Waals surface area contributed by atoms with Crippen LogP contribution in [-0.2, 0) is 17.6 Å². The van der Waals surface area contributed by atoms with Gasteiger partial charge in [0, 0.05) is 22.6 Å². The predicted molar refractivity (Wildman–Crippen MR) is 85.1 cm³/mol. The van der Waals surface area contributed by atoms with Gasteiger partial charge in [-0.3, -0.25) is 4.79 Å². The Morgan fingerprint density at radius 3 is 2.86 bits per heavy atom. The number of hydrogen-bond acceptors (Lipinski definition) is 1. The Labute approximate surface area is 128 Å². The molecule has 2 N–H and O–H groups in total. The van der Waals surface area contributed by atoms with Gasteiger partial charge in [-0.2, -0.15) is 0 Å². The molecule has 1 aromatic carbocycles. The average Bonchev–Trinajstić information content (AvgIpc) is 2.99. The van der Waals surface area contributed by atoms with Crippen LogP contribution < -0.4 is 5.32 Å². The van der Waals surface area contributed by atoms with E-state index in [1.807, 2.05) is 6.08 Å². The number of fused-ring (bicyclic) bond motifs is 2. The lowest BCUT2D eigenvalue weighted by molar-refractivity contribution is -0.110. The Morgan fingerprint density at radius 2 is 2.05 bits per heavy atom. The van der Waals surface area contributed by atoms with Gasteiger partial charge in [-0.15, -0.1) is 0 Å². The lowest BCUT2D eigenvalue weighted by Gasteiger charge is -2.10. The lowest BCUT2D eigenvalue weighted by atomic mass is 9.95. The van der Waals surface area contributed by atoms with E-state index in [-0.39, 0.29) is 11.7 Å². The number of hydrogen-bond donors (Lipinski definition) is 2. The Hall–Kier alpha value is -2.36. The highest BCUT2D eigenvalue weighted by molar-refractivity contribution is 6.34. The van der Waals surface area contributed by atoms with Gasteiger partial charge >= 0.3 is 0 Å². The van der Waals surface area contributed by atoms with Gasteiger partial charge in [0.15, 0.2) is 0 Å². The van der Waals surface area contributed by atoms with Crippen LogP contribution in [0.2, 0.25) is 0 Å². The van der Waals surface area contributed by atoms with Crippen molar-refractivity contribution in [2.24, 2.45) is 0 Å². The maximum Gasteiger partial charge on any atom is 0.256 e. The number of anilines is 1. The first-order valence-electron chi connectivity index (χ1n) is 7.67. The number of halogens is 1. The molecular formula is C18H17FN2O. The Morgan fingerprint density at radius 1 is 1.23 bits per heavy atom. The van der Waals surface area contributed by atoms with Crippen molar-refractivity contribution in [3.8, 4) is 0 Å². The van der Waals surface area contributed by atoms with Crippen molar-refractivity contribution >= 4 is 23.2 Å². The molecule has 4 heteroatoms. The third kappa shape index (κ3) is 1.98. The summed E-state index contributed by atoms with van der Waals surface area (Å²) in [5.74, 6) is -0.503. The van der Waals surface area contributed by atoms with Crippen LogP contribution in [-0.4, -0.2) is 10.9 Å². The van der Waals surface area contributed by atoms with Gasteiger partial charge in [0.25, 0.3) is 5.91 Å². The highest BCUT2D eigenvalue weighted by Gasteiger charge is 2.25. The van der Waals surface area contributed by atoms with Crippen LogP contribution in [0.5, 0.6) is 0 Å². The molecular weight excluding hydrogens is 279 g/mol. The van der Waals surface area contributed by atoms with E-state index in [9.17, 15) is 9.18 Å². The standard InChI is InChI=1S/C18H17FN2O/c1-10-12-4-2-3-5-15(12)20-17(10)9-14-13-8-11(19)6-7-16(13)21-18(14)22/h6-9,20H,2-5H2,1H3,(H,21,22). The molecule has 0 unspecified atom stereocenters. The zero-order chi connectivity index (χ0) is 15.3. The number of aromatic amines is 1. The van der Waals surface area contributed by atoms with Crippen molar-refractivity contribution in [2.75, 3.05) is 5.32 Å². The zero-order valence-electron chi connectivity index (χ0n) is 12.4. The van der Waals surface area contributed by atoms with Gasteiger partial charge in [-0.25, -0.2) is 4.39 Å². The molecule has 112 valence electrons. The SMILES string of the molecule is Cc1c(C=C2C(=O)Nc3ccc(F)cc32)[nH]c2c1CCCC2. The largest absolute Gasteiger partial charge is 0.358 e. The van der Waals surface area contributed by atoms with Crippen molar-refractivity contribution in [3.05, 3.63) is 52.1 Å². The smallest absolute Gasteiger partial charge is 0.256 e. The lowest BCUT2D eigenvalue weighted by Crippen LogP contribution is -2.03. The minimum atomic E-state index is -0.330. The number of carbonyl (C=O) groups excluding carboxylic acids is 1. The topological polar surface area (TPSA) is 44.9 Å². The summed E-state index contributed by atoms with van der Waals surface area (Å²) in [5.41, 5.74) is 6.68. The normalized spacial score (nSPS) is 18.3. The number of aryl methyl sites for hydroxylation is 1. The molecule has 0 saturated heterocycles. The highest BCUT2D eigenvalue weighted by Crippen LogP contribution is 2.35. The van der Waals surface area contributed by atoms with Gasteiger partial charge < -0.3 is 10.3 Å². The summed E-state index contributed by atoms with van der Waals surface area (Å²) in [5, 5.41) is 2.79. The third-order valence-electron chi connectivity index (χ3n) is 4.66. The van der Waals surface area contributed by atoms with Gasteiger partial charge in [0.2, 0.25) is 0 Å². The second kappa shape index (κ2) is 4.83. The Bertz CT molecular complexity index is 817. The van der Waals surface area contributed by atoms with E-state index in [0.717, 1.165) is 18.5 Å². The monoisotopic (exact) mass is 296 g/mol. The average molecular weight is 296 g/mol. The molecule has 1 aliphatic carbocycles. The van der Waals surface area contributed by atoms with Crippen molar-refractivity contribution in [3.63, 3.8) is 0 Å². The molecule has 2 aromatic rings. The van der Waals surface area contributed by atoms with E-state index in [1.165, 1.54) is 41.8 Å². The maximum absolute atomic E-state index is 13.5. The molecule has 22 heavy (non-hydrogen) atoms. The fourth-order valence-electron chi connectivity index (χ4n) is 3.47. The first-order chi connectivity index (χ1) is 10.6. The van der Waals surface area contributed by atoms with E-state index < -0.39 is 0 Å². The van der Waals surface area contributed by atoms with Crippen molar-refractivity contribution < 1.29 is 9.18 Å². The number of amides is 1. The van der Waals surface area contributed by atoms with Gasteiger partial charge in [0.05, 0.1) is 5.57 Å². The van der Waals surface area contributed by atoms with E-state index in [4.69, 9.17) is 0 Å². The Balaban J connectivity index is 1.83. The van der Waals surface area contributed by atoms with Gasteiger partial charge in [-0.05, 0) is 68.0 Å². The molecule has 2 aliphatic rings. The fourth-order valence-corrected chi connectivity index (χ4v) is 3.47. The molecule has 4 rings (SSSR count). The highest BCUT2D eigenvalue weighted by atomic mass is 19.1. The molecule has 0 bridgehead atoms. The van der Waals surface area contributed by atoms with Crippen molar-refractivity contribution in [2.45, 2.75) is 32.6 Å². The minimum Gasteiger partial charge on any atom is -0.358 e. The number of H-pyrrole nitrogens is 1. The molecule has 1 amide bonds. The van der Waals surface area contributed by atoms with Gasteiger partial charge in [0.1, 0.15) is 5.82 Å². The van der Waals surface area contributed by atoms with E-state index in [0.29, 0.717) is 16.8 Å². The van der Waals surface area contributed by atoms with E-state index >= 15 is 0 Å². The van der Waals surface area contributed by atoms with Crippen LogP contribution in [0, 0.1) is 12.7 Å². The zero-order valence-corrected chi connectivity index (χ0v) is 12.4. The van der Waals surface area contributed by atoms with Crippen LogP contribution in [0.1, 0.15) is 40.9 Å². The van der Waals surface area contributed by atoms with Crippen LogP contribution in [0.4, 0.5) is 10.1 Å². The minimum absolute atomic E-state index is 0.174. The summed E-state index contributed by atoms with van der Waals surface area (Å²) >= 11 is 0. The second-order valence-corrected chi connectivity index (χ2v) is 6.03. The molecule has 3 nitrogen and oxygen atoms in total. The van der Waals surface area contributed by atoms with E-state index in [2.05, 4.69) is 17.2 Å². The summed E-state index contributed by atoms with van der Waals surface area (Å²) in [6, 6.07) is 4.38. The number of carbonyl (C=O) groups is 1. The summed E-state index contributed by atoms with van der Waals surface area (Å²) < 4.78 is 13.5. The number of aromatic nitrogens is 1. The molecule has 0 saturated carbocycles. The van der Waals surface area contributed by atoms with Crippen LogP contribution in [0.25, 0.3) is 11.6 Å². The van der Waals surface area contributed by atoms with E-state index in [1.54, 1.807) is 6.07 Å². The van der Waals surface area contributed by atoms with Crippen LogP contribution in [0.3, 0.4) is 0 Å². The molecule has 0 atom stereocenters. The van der Waals surface area contributed by atoms with Crippen LogP contribution >= 0.6 is 0 Å². The second-order valence-electron chi connectivity index (χ2n) is 6.03. The summed E-state index contributed by atoms with van der Waals surface area (Å²) in [4.78, 5) is 15.6. The number of rotatable bonds is 1. The Kier molecular flexibility index (Phi) is 2.93.